The summed E-state index contributed by atoms with van der Waals surface area (Å²) in [5, 5.41) is 17.5. The Morgan fingerprint density at radius 3 is 2.05 bits per heavy atom. The van der Waals surface area contributed by atoms with E-state index in [1.54, 1.807) is 0 Å². The van der Waals surface area contributed by atoms with Crippen LogP contribution in [0.5, 0.6) is 0 Å². The van der Waals surface area contributed by atoms with Crippen molar-refractivity contribution in [3.8, 4) is 0 Å². The Labute approximate surface area is 121 Å². The first-order valence-electron chi connectivity index (χ1n) is 7.67. The highest BCUT2D eigenvalue weighted by Gasteiger charge is 2.19. The van der Waals surface area contributed by atoms with Crippen molar-refractivity contribution in [2.75, 3.05) is 0 Å². The molecule has 1 unspecified atom stereocenters. The number of carboxylic acids is 2. The minimum Gasteiger partial charge on any atom is -0.481 e. The van der Waals surface area contributed by atoms with Crippen LogP contribution in [-0.4, -0.2) is 22.2 Å². The molecule has 0 saturated heterocycles. The number of unbranched alkanes of at least 4 members (excludes halogenated alkanes) is 6. The van der Waals surface area contributed by atoms with Gasteiger partial charge in [-0.2, -0.15) is 0 Å². The number of carboxylic acid groups (broad SMARTS) is 2. The molecule has 2 N–H and O–H groups in total. The van der Waals surface area contributed by atoms with Gasteiger partial charge >= 0.3 is 11.9 Å². The maximum absolute atomic E-state index is 10.9. The predicted molar refractivity (Wildman–Crippen MR) is 79.7 cm³/mol. The second-order valence-corrected chi connectivity index (χ2v) is 5.24. The van der Waals surface area contributed by atoms with Crippen molar-refractivity contribution < 1.29 is 19.8 Å². The second-order valence-electron chi connectivity index (χ2n) is 5.24. The quantitative estimate of drug-likeness (QED) is 0.391. The van der Waals surface area contributed by atoms with E-state index >= 15 is 0 Å². The van der Waals surface area contributed by atoms with Gasteiger partial charge in [-0.1, -0.05) is 44.8 Å². The molecule has 0 aromatic rings. The summed E-state index contributed by atoms with van der Waals surface area (Å²) in [6, 6.07) is 0. The summed E-state index contributed by atoms with van der Waals surface area (Å²) in [5.41, 5.74) is 0. The lowest BCUT2D eigenvalue weighted by atomic mass is 9.97. The van der Waals surface area contributed by atoms with E-state index < -0.39 is 17.9 Å². The van der Waals surface area contributed by atoms with Crippen LogP contribution in [0.1, 0.15) is 71.1 Å². The number of allylic oxidation sites excluding steroid dienone is 2. The van der Waals surface area contributed by atoms with Crippen LogP contribution < -0.4 is 0 Å². The highest BCUT2D eigenvalue weighted by atomic mass is 16.4. The minimum atomic E-state index is -1.03. The lowest BCUT2D eigenvalue weighted by Crippen LogP contribution is -2.17. The van der Waals surface area contributed by atoms with Crippen LogP contribution in [0.15, 0.2) is 12.2 Å². The van der Waals surface area contributed by atoms with E-state index in [0.29, 0.717) is 6.42 Å². The molecule has 0 spiro atoms. The molecule has 1 atom stereocenters. The Balaban J connectivity index is 3.54. The topological polar surface area (TPSA) is 74.6 Å². The Morgan fingerprint density at radius 1 is 0.950 bits per heavy atom. The first-order valence-corrected chi connectivity index (χ1v) is 7.67. The number of hydrogen-bond acceptors (Lipinski definition) is 2. The van der Waals surface area contributed by atoms with Crippen molar-refractivity contribution >= 4 is 11.9 Å². The molecule has 0 bridgehead atoms. The maximum atomic E-state index is 10.9. The lowest BCUT2D eigenvalue weighted by Gasteiger charge is -2.08. The van der Waals surface area contributed by atoms with Crippen LogP contribution in [0, 0.1) is 5.92 Å². The zero-order chi connectivity index (χ0) is 15.2. The number of aliphatic carboxylic acids is 2. The summed E-state index contributed by atoms with van der Waals surface area (Å²) in [6.45, 7) is 2.19. The number of rotatable bonds is 13. The monoisotopic (exact) mass is 284 g/mol. The minimum absolute atomic E-state index is 0.271. The van der Waals surface area contributed by atoms with Gasteiger partial charge in [0.15, 0.2) is 0 Å². The molecular weight excluding hydrogens is 256 g/mol. The molecule has 0 radical (unpaired) electrons. The van der Waals surface area contributed by atoms with Crippen molar-refractivity contribution in [2.45, 2.75) is 71.1 Å². The zero-order valence-electron chi connectivity index (χ0n) is 12.5. The molecule has 0 aromatic carbocycles. The van der Waals surface area contributed by atoms with Gasteiger partial charge in [0.2, 0.25) is 0 Å². The van der Waals surface area contributed by atoms with Gasteiger partial charge in [0.25, 0.3) is 0 Å². The molecule has 116 valence electrons. The van der Waals surface area contributed by atoms with Crippen LogP contribution in [0.2, 0.25) is 0 Å². The van der Waals surface area contributed by atoms with Crippen LogP contribution in [0.4, 0.5) is 0 Å². The molecule has 4 nitrogen and oxygen atoms in total. The third-order valence-electron chi connectivity index (χ3n) is 3.33. The van der Waals surface area contributed by atoms with Crippen LogP contribution in [0.3, 0.4) is 0 Å². The maximum Gasteiger partial charge on any atom is 0.307 e. The van der Waals surface area contributed by atoms with Crippen molar-refractivity contribution in [3.05, 3.63) is 12.2 Å². The van der Waals surface area contributed by atoms with Gasteiger partial charge < -0.3 is 10.2 Å². The van der Waals surface area contributed by atoms with Crippen LogP contribution in [0.25, 0.3) is 0 Å². The normalized spacial score (nSPS) is 12.7. The highest BCUT2D eigenvalue weighted by Crippen LogP contribution is 2.15. The number of hydrogen-bond donors (Lipinski definition) is 2. The largest absolute Gasteiger partial charge is 0.481 e. The molecule has 0 aromatic heterocycles. The summed E-state index contributed by atoms with van der Waals surface area (Å²) >= 11 is 0. The average Bonchev–Trinajstić information content (AvgIpc) is 2.39. The van der Waals surface area contributed by atoms with Gasteiger partial charge in [0.1, 0.15) is 0 Å². The van der Waals surface area contributed by atoms with Crippen molar-refractivity contribution in [3.63, 3.8) is 0 Å². The molecule has 0 aliphatic heterocycles. The summed E-state index contributed by atoms with van der Waals surface area (Å²) in [7, 11) is 0. The van der Waals surface area contributed by atoms with E-state index in [-0.39, 0.29) is 6.42 Å². The SMILES string of the molecule is CCCCCC=CCCCCCC(CC(=O)O)C(=O)O. The van der Waals surface area contributed by atoms with Crippen molar-refractivity contribution in [1.29, 1.82) is 0 Å². The fraction of sp³-hybridized carbons (Fsp3) is 0.750. The van der Waals surface area contributed by atoms with Gasteiger partial charge in [-0.3, -0.25) is 9.59 Å². The molecule has 4 heteroatoms. The Bertz CT molecular complexity index is 297. The van der Waals surface area contributed by atoms with E-state index in [1.165, 1.54) is 19.3 Å². The predicted octanol–water partition coefficient (Wildman–Crippen LogP) is 4.25. The standard InChI is InChI=1S/C16H28O4/c1-2-3-4-5-6-7-8-9-10-11-12-14(16(19)20)13-15(17)18/h6-7,14H,2-5,8-13H2,1H3,(H,17,18)(H,19,20). The summed E-state index contributed by atoms with van der Waals surface area (Å²) in [6.07, 6.45) is 13.4. The van der Waals surface area contributed by atoms with Crippen LogP contribution in [-0.2, 0) is 9.59 Å². The van der Waals surface area contributed by atoms with E-state index in [0.717, 1.165) is 32.1 Å². The molecular formula is C16H28O4. The Kier molecular flexibility index (Phi) is 11.9. The first-order chi connectivity index (χ1) is 9.57. The van der Waals surface area contributed by atoms with E-state index in [2.05, 4.69) is 19.1 Å². The zero-order valence-corrected chi connectivity index (χ0v) is 12.5. The molecule has 0 heterocycles. The summed E-state index contributed by atoms with van der Waals surface area (Å²) in [5.74, 6) is -2.77. The summed E-state index contributed by atoms with van der Waals surface area (Å²) < 4.78 is 0. The molecule has 0 fully saturated rings. The lowest BCUT2D eigenvalue weighted by molar-refractivity contribution is -0.148. The van der Waals surface area contributed by atoms with Crippen molar-refractivity contribution in [2.24, 2.45) is 5.92 Å². The molecule has 0 rings (SSSR count). The fourth-order valence-corrected chi connectivity index (χ4v) is 2.10. The molecule has 0 aliphatic rings. The molecule has 0 aliphatic carbocycles. The Morgan fingerprint density at radius 2 is 1.55 bits per heavy atom. The van der Waals surface area contributed by atoms with Crippen molar-refractivity contribution in [1.82, 2.24) is 0 Å². The highest BCUT2D eigenvalue weighted by molar-refractivity contribution is 5.77. The average molecular weight is 284 g/mol. The van der Waals surface area contributed by atoms with Crippen LogP contribution >= 0.6 is 0 Å². The summed E-state index contributed by atoms with van der Waals surface area (Å²) in [4.78, 5) is 21.4. The molecule has 20 heavy (non-hydrogen) atoms. The molecule has 0 saturated carbocycles. The fourth-order valence-electron chi connectivity index (χ4n) is 2.10. The van der Waals surface area contributed by atoms with Gasteiger partial charge in [-0.25, -0.2) is 0 Å². The Hall–Kier alpha value is -1.32. The smallest absolute Gasteiger partial charge is 0.307 e. The number of carbonyl (C=O) groups is 2. The second kappa shape index (κ2) is 12.7. The van der Waals surface area contributed by atoms with Gasteiger partial charge in [0, 0.05) is 0 Å². The van der Waals surface area contributed by atoms with Gasteiger partial charge in [-0.15, -0.1) is 0 Å². The third kappa shape index (κ3) is 11.8. The van der Waals surface area contributed by atoms with Gasteiger partial charge in [-0.05, 0) is 32.1 Å². The van der Waals surface area contributed by atoms with E-state index in [4.69, 9.17) is 10.2 Å². The van der Waals surface area contributed by atoms with Gasteiger partial charge in [0.05, 0.1) is 12.3 Å². The van der Waals surface area contributed by atoms with E-state index in [1.807, 2.05) is 0 Å². The first kappa shape index (κ1) is 18.7. The molecule has 0 amide bonds. The third-order valence-corrected chi connectivity index (χ3v) is 3.33. The van der Waals surface area contributed by atoms with E-state index in [9.17, 15) is 9.59 Å².